The zero-order valence-corrected chi connectivity index (χ0v) is 21.2. The Morgan fingerprint density at radius 2 is 1.97 bits per heavy atom. The van der Waals surface area contributed by atoms with Crippen molar-refractivity contribution >= 4 is 28.3 Å². The molecule has 0 spiro atoms. The first-order valence-electron chi connectivity index (χ1n) is 12.2. The smallest absolute Gasteiger partial charge is 0.324 e. The van der Waals surface area contributed by atoms with Gasteiger partial charge in [-0.25, -0.2) is 4.79 Å². The van der Waals surface area contributed by atoms with Gasteiger partial charge in [0.25, 0.3) is 0 Å². The maximum absolute atomic E-state index is 13.6. The highest BCUT2D eigenvalue weighted by molar-refractivity contribution is 7.16. The van der Waals surface area contributed by atoms with Crippen LogP contribution >= 0.6 is 11.3 Å². The number of thiophene rings is 1. The Morgan fingerprint density at radius 1 is 1.24 bits per heavy atom. The molecule has 8 nitrogen and oxygen atoms in total. The predicted octanol–water partition coefficient (Wildman–Crippen LogP) is 2.53. The summed E-state index contributed by atoms with van der Waals surface area (Å²) in [5, 5.41) is 13.0. The van der Waals surface area contributed by atoms with Gasteiger partial charge in [0.15, 0.2) is 0 Å². The van der Waals surface area contributed by atoms with Gasteiger partial charge in [-0.05, 0) is 70.8 Å². The largest absolute Gasteiger partial charge is 0.389 e. The number of carbonyl (C=O) groups is 2. The molecule has 0 radical (unpaired) electrons. The fraction of sp³-hybridized carbons (Fsp3) is 0.708. The van der Waals surface area contributed by atoms with Gasteiger partial charge in [0, 0.05) is 30.6 Å². The fourth-order valence-electron chi connectivity index (χ4n) is 5.42. The lowest BCUT2D eigenvalue weighted by Gasteiger charge is -2.45. The van der Waals surface area contributed by atoms with Gasteiger partial charge in [0.1, 0.15) is 11.1 Å². The van der Waals surface area contributed by atoms with Crippen molar-refractivity contribution in [1.29, 1.82) is 5.26 Å². The molecule has 2 heterocycles. The molecule has 0 unspecified atom stereocenters. The van der Waals surface area contributed by atoms with Crippen molar-refractivity contribution in [2.75, 3.05) is 52.0 Å². The summed E-state index contributed by atoms with van der Waals surface area (Å²) < 4.78 is 0. The van der Waals surface area contributed by atoms with Crippen molar-refractivity contribution in [2.45, 2.75) is 52.5 Å². The molecule has 1 saturated heterocycles. The number of nitriles is 1. The summed E-state index contributed by atoms with van der Waals surface area (Å²) in [6.45, 7) is 10.5. The molecule has 3 atom stereocenters. The van der Waals surface area contributed by atoms with Gasteiger partial charge < -0.3 is 20.9 Å². The highest BCUT2D eigenvalue weighted by Crippen LogP contribution is 2.43. The molecule has 3 rings (SSSR count). The van der Waals surface area contributed by atoms with Crippen molar-refractivity contribution in [3.63, 3.8) is 0 Å². The van der Waals surface area contributed by atoms with Gasteiger partial charge in [-0.15, -0.1) is 11.3 Å². The van der Waals surface area contributed by atoms with Gasteiger partial charge >= 0.3 is 6.03 Å². The Morgan fingerprint density at radius 3 is 2.61 bits per heavy atom. The molecule has 1 aromatic heterocycles. The van der Waals surface area contributed by atoms with Crippen LogP contribution in [0.5, 0.6) is 0 Å². The van der Waals surface area contributed by atoms with Crippen LogP contribution < -0.4 is 11.1 Å². The van der Waals surface area contributed by atoms with Crippen LogP contribution in [-0.2, 0) is 17.6 Å². The van der Waals surface area contributed by atoms with E-state index < -0.39 is 0 Å². The van der Waals surface area contributed by atoms with Crippen LogP contribution in [0.1, 0.15) is 49.6 Å². The second kappa shape index (κ2) is 11.3. The molecule has 1 aromatic rings. The van der Waals surface area contributed by atoms with Crippen LogP contribution in [0, 0.1) is 23.2 Å². The van der Waals surface area contributed by atoms with Crippen LogP contribution in [-0.4, -0.2) is 79.0 Å². The second-order valence-corrected chi connectivity index (χ2v) is 10.3. The van der Waals surface area contributed by atoms with Crippen LogP contribution in [0.2, 0.25) is 0 Å². The Kier molecular flexibility index (Phi) is 8.74. The minimum atomic E-state index is -0.296. The second-order valence-electron chi connectivity index (χ2n) is 9.17. The average Bonchev–Trinajstić information content (AvgIpc) is 3.11. The van der Waals surface area contributed by atoms with E-state index in [9.17, 15) is 14.9 Å². The van der Waals surface area contributed by atoms with Crippen molar-refractivity contribution in [2.24, 2.45) is 11.8 Å². The molecule has 9 heteroatoms. The fourth-order valence-corrected chi connectivity index (χ4v) is 6.52. The van der Waals surface area contributed by atoms with Crippen LogP contribution in [0.25, 0.3) is 0 Å². The van der Waals surface area contributed by atoms with Gasteiger partial charge in [-0.1, -0.05) is 13.8 Å². The van der Waals surface area contributed by atoms with Crippen LogP contribution in [0.4, 0.5) is 9.80 Å². The van der Waals surface area contributed by atoms with Crippen molar-refractivity contribution in [3.8, 4) is 6.07 Å². The molecule has 182 valence electrons. The molecule has 3 N–H and O–H groups in total. The van der Waals surface area contributed by atoms with E-state index in [0.717, 1.165) is 50.9 Å². The van der Waals surface area contributed by atoms with E-state index in [2.05, 4.69) is 42.1 Å². The normalized spacial score (nSPS) is 22.4. The van der Waals surface area contributed by atoms with Gasteiger partial charge in [0.2, 0.25) is 5.91 Å². The van der Waals surface area contributed by atoms with E-state index in [0.29, 0.717) is 36.2 Å². The molecular weight excluding hydrogens is 436 g/mol. The summed E-state index contributed by atoms with van der Waals surface area (Å²) in [7, 11) is 2.07. The Bertz CT molecular complexity index is 890. The number of hydrogen-bond donors (Lipinski definition) is 2. The number of nitrogens with one attached hydrogen (secondary N) is 1. The first-order chi connectivity index (χ1) is 15.8. The quantitative estimate of drug-likeness (QED) is 0.600. The Labute approximate surface area is 201 Å². The van der Waals surface area contributed by atoms with E-state index in [-0.39, 0.29) is 23.8 Å². The Hall–Kier alpha value is -2.15. The number of likely N-dealkylation sites (N-methyl/N-ethyl adjacent to an activating group) is 1. The van der Waals surface area contributed by atoms with Gasteiger partial charge in [0.05, 0.1) is 11.5 Å². The monoisotopic (exact) mass is 474 g/mol. The first kappa shape index (κ1) is 25.5. The lowest BCUT2D eigenvalue weighted by Crippen LogP contribution is -2.55. The third-order valence-electron chi connectivity index (χ3n) is 7.24. The zero-order valence-electron chi connectivity index (χ0n) is 20.4. The number of urea groups is 1. The number of nitrogen functional groups attached to an aromatic ring is 1. The molecule has 1 aliphatic carbocycles. The highest BCUT2D eigenvalue weighted by Gasteiger charge is 2.43. The maximum atomic E-state index is 13.6. The number of likely N-dealkylation sites (tertiary alicyclic amines) is 1. The van der Waals surface area contributed by atoms with Gasteiger partial charge in [-0.2, -0.15) is 5.26 Å². The lowest BCUT2D eigenvalue weighted by atomic mass is 9.74. The van der Waals surface area contributed by atoms with E-state index >= 15 is 0 Å². The minimum Gasteiger partial charge on any atom is -0.389 e. The molecule has 2 aliphatic rings. The highest BCUT2D eigenvalue weighted by atomic mass is 32.1. The average molecular weight is 475 g/mol. The van der Waals surface area contributed by atoms with E-state index in [1.54, 1.807) is 0 Å². The lowest BCUT2D eigenvalue weighted by molar-refractivity contribution is -0.136. The van der Waals surface area contributed by atoms with Crippen molar-refractivity contribution in [3.05, 3.63) is 16.0 Å². The number of nitrogens with two attached hydrogens (primary N) is 1. The minimum absolute atomic E-state index is 0.0815. The molecule has 0 saturated carbocycles. The molecule has 1 aliphatic heterocycles. The van der Waals surface area contributed by atoms with Crippen LogP contribution in [0.3, 0.4) is 0 Å². The first-order valence-corrected chi connectivity index (χ1v) is 13.0. The zero-order chi connectivity index (χ0) is 24.1. The molecule has 0 aromatic carbocycles. The number of fused-ring (bicyclic) bond motifs is 2. The third kappa shape index (κ3) is 5.51. The summed E-state index contributed by atoms with van der Waals surface area (Å²) in [6.07, 6.45) is 3.15. The Balaban J connectivity index is 1.73. The van der Waals surface area contributed by atoms with E-state index in [1.807, 2.05) is 6.92 Å². The van der Waals surface area contributed by atoms with E-state index in [1.165, 1.54) is 21.1 Å². The summed E-state index contributed by atoms with van der Waals surface area (Å²) in [5.74, 6) is -0.0321. The standard InChI is InChI=1S/C24H38N6O2S/c1-5-27-24(32)30(10-8-9-29(6-2)7-3)23(31)17-11-16-12-18-19(14-25)22(26)33-21(18)13-20(16)28(4)15-17/h16-17,20H,5-13,15,26H2,1-4H3,(H,27,32)/t16-,17-,20-/m1/s1. The summed E-state index contributed by atoms with van der Waals surface area (Å²) in [5.41, 5.74) is 7.78. The molecule has 33 heavy (non-hydrogen) atoms. The molecule has 3 amide bonds. The number of nitrogens with zero attached hydrogens (tertiary/aromatic N) is 4. The summed E-state index contributed by atoms with van der Waals surface area (Å²) in [4.78, 5) is 33.6. The van der Waals surface area contributed by atoms with Crippen molar-refractivity contribution in [1.82, 2.24) is 20.0 Å². The van der Waals surface area contributed by atoms with Crippen molar-refractivity contribution < 1.29 is 9.59 Å². The number of amides is 3. The van der Waals surface area contributed by atoms with Gasteiger partial charge in [-0.3, -0.25) is 9.69 Å². The maximum Gasteiger partial charge on any atom is 0.324 e. The number of carbonyl (C=O) groups excluding carboxylic acids is 2. The number of imide groups is 1. The molecule has 1 fully saturated rings. The number of anilines is 1. The summed E-state index contributed by atoms with van der Waals surface area (Å²) >= 11 is 1.53. The number of piperidine rings is 1. The molecular formula is C24H38N6O2S. The van der Waals surface area contributed by atoms with Crippen LogP contribution in [0.15, 0.2) is 0 Å². The topological polar surface area (TPSA) is 106 Å². The summed E-state index contributed by atoms with van der Waals surface area (Å²) in [6, 6.07) is 2.32. The van der Waals surface area contributed by atoms with E-state index in [4.69, 9.17) is 5.73 Å². The predicted molar refractivity (Wildman–Crippen MR) is 132 cm³/mol. The molecule has 0 bridgehead atoms. The number of hydrogen-bond acceptors (Lipinski definition) is 7. The number of rotatable bonds is 8. The third-order valence-corrected chi connectivity index (χ3v) is 8.32. The SMILES string of the molecule is CCNC(=O)N(CCCN(CC)CC)C(=O)[C@@H]1C[C@@H]2Cc3c(sc(N)c3C#N)C[C@H]2N(C)C1.